The van der Waals surface area contributed by atoms with Gasteiger partial charge in [-0.3, -0.25) is 4.98 Å². The maximum Gasteiger partial charge on any atom is 0.345 e. The SMILES string of the molecule is CCCNc1cnccc1-c1ccc(C(=O)O)s1. The summed E-state index contributed by atoms with van der Waals surface area (Å²) in [4.78, 5) is 16.3. The molecule has 0 aliphatic carbocycles. The van der Waals surface area contributed by atoms with Crippen LogP contribution in [0.2, 0.25) is 0 Å². The Kier molecular flexibility index (Phi) is 3.94. The molecule has 0 aliphatic rings. The van der Waals surface area contributed by atoms with E-state index in [-0.39, 0.29) is 0 Å². The molecular formula is C13H14N2O2S. The van der Waals surface area contributed by atoms with E-state index in [0.29, 0.717) is 4.88 Å². The summed E-state index contributed by atoms with van der Waals surface area (Å²) in [5.74, 6) is -0.886. The van der Waals surface area contributed by atoms with Gasteiger partial charge < -0.3 is 10.4 Å². The number of carboxylic acids is 1. The Balaban J connectivity index is 2.33. The number of nitrogens with one attached hydrogen (secondary N) is 1. The lowest BCUT2D eigenvalue weighted by atomic mass is 10.2. The molecule has 2 heterocycles. The molecule has 2 aromatic heterocycles. The number of hydrogen-bond acceptors (Lipinski definition) is 4. The van der Waals surface area contributed by atoms with Gasteiger partial charge in [0.2, 0.25) is 0 Å². The van der Waals surface area contributed by atoms with Crippen LogP contribution in [0.3, 0.4) is 0 Å². The Morgan fingerprint density at radius 2 is 2.28 bits per heavy atom. The van der Waals surface area contributed by atoms with Gasteiger partial charge in [-0.15, -0.1) is 11.3 Å². The number of thiophene rings is 1. The largest absolute Gasteiger partial charge is 0.477 e. The molecule has 94 valence electrons. The van der Waals surface area contributed by atoms with E-state index in [0.717, 1.165) is 29.1 Å². The van der Waals surface area contributed by atoms with E-state index in [1.807, 2.05) is 12.1 Å². The van der Waals surface area contributed by atoms with Crippen molar-refractivity contribution in [2.24, 2.45) is 0 Å². The van der Waals surface area contributed by atoms with Gasteiger partial charge in [-0.1, -0.05) is 6.92 Å². The summed E-state index contributed by atoms with van der Waals surface area (Å²) >= 11 is 1.27. The zero-order valence-corrected chi connectivity index (χ0v) is 10.8. The first-order valence-electron chi connectivity index (χ1n) is 5.73. The van der Waals surface area contributed by atoms with E-state index < -0.39 is 5.97 Å². The van der Waals surface area contributed by atoms with E-state index in [4.69, 9.17) is 5.11 Å². The Labute approximate surface area is 109 Å². The highest BCUT2D eigenvalue weighted by Gasteiger charge is 2.11. The van der Waals surface area contributed by atoms with Gasteiger partial charge in [-0.05, 0) is 24.6 Å². The Morgan fingerprint density at radius 1 is 1.44 bits per heavy atom. The lowest BCUT2D eigenvalue weighted by molar-refractivity contribution is 0.0702. The standard InChI is InChI=1S/C13H14N2O2S/c1-2-6-15-10-8-14-7-5-9(10)11-3-4-12(18-11)13(16)17/h3-5,7-8,15H,2,6H2,1H3,(H,16,17). The average molecular weight is 262 g/mol. The van der Waals surface area contributed by atoms with Gasteiger partial charge in [0.05, 0.1) is 11.9 Å². The Morgan fingerprint density at radius 3 is 2.94 bits per heavy atom. The van der Waals surface area contributed by atoms with E-state index in [9.17, 15) is 4.79 Å². The predicted octanol–water partition coefficient (Wildman–Crippen LogP) is 3.33. The van der Waals surface area contributed by atoms with Gasteiger partial charge in [0.1, 0.15) is 4.88 Å². The van der Waals surface area contributed by atoms with Crippen LogP contribution in [0.1, 0.15) is 23.0 Å². The molecule has 0 spiro atoms. The van der Waals surface area contributed by atoms with Crippen LogP contribution in [0.25, 0.3) is 10.4 Å². The topological polar surface area (TPSA) is 62.2 Å². The zero-order chi connectivity index (χ0) is 13.0. The highest BCUT2D eigenvalue weighted by Crippen LogP contribution is 2.32. The minimum absolute atomic E-state index is 0.350. The summed E-state index contributed by atoms with van der Waals surface area (Å²) in [6.07, 6.45) is 4.51. The van der Waals surface area contributed by atoms with Crippen LogP contribution in [-0.4, -0.2) is 22.6 Å². The van der Waals surface area contributed by atoms with Crippen molar-refractivity contribution in [1.29, 1.82) is 0 Å². The number of aromatic carboxylic acids is 1. The number of carbonyl (C=O) groups is 1. The van der Waals surface area contributed by atoms with Crippen molar-refractivity contribution in [3.63, 3.8) is 0 Å². The molecule has 0 fully saturated rings. The van der Waals surface area contributed by atoms with Crippen molar-refractivity contribution in [3.05, 3.63) is 35.5 Å². The minimum atomic E-state index is -0.886. The average Bonchev–Trinajstić information content (AvgIpc) is 2.86. The fourth-order valence-corrected chi connectivity index (χ4v) is 2.49. The number of pyridine rings is 1. The summed E-state index contributed by atoms with van der Waals surface area (Å²) in [6, 6.07) is 5.36. The van der Waals surface area contributed by atoms with E-state index in [1.165, 1.54) is 11.3 Å². The molecule has 0 saturated carbocycles. The van der Waals surface area contributed by atoms with Crippen molar-refractivity contribution in [1.82, 2.24) is 4.98 Å². The summed E-state index contributed by atoms with van der Waals surface area (Å²) in [6.45, 7) is 2.96. The number of hydrogen-bond donors (Lipinski definition) is 2. The van der Waals surface area contributed by atoms with Crippen LogP contribution in [0, 0.1) is 0 Å². The third kappa shape index (κ3) is 2.68. The first-order chi connectivity index (χ1) is 8.72. The van der Waals surface area contributed by atoms with Gasteiger partial charge in [0.25, 0.3) is 0 Å². The second-order valence-corrected chi connectivity index (χ2v) is 4.90. The van der Waals surface area contributed by atoms with Crippen molar-refractivity contribution >= 4 is 23.0 Å². The van der Waals surface area contributed by atoms with Crippen molar-refractivity contribution in [2.45, 2.75) is 13.3 Å². The van der Waals surface area contributed by atoms with E-state index in [2.05, 4.69) is 17.2 Å². The predicted molar refractivity (Wildman–Crippen MR) is 73.3 cm³/mol. The first-order valence-corrected chi connectivity index (χ1v) is 6.55. The molecule has 0 aromatic carbocycles. The molecule has 0 saturated heterocycles. The first kappa shape index (κ1) is 12.6. The summed E-state index contributed by atoms with van der Waals surface area (Å²) in [5.41, 5.74) is 1.94. The Bertz CT molecular complexity index is 551. The molecule has 2 aromatic rings. The highest BCUT2D eigenvalue weighted by molar-refractivity contribution is 7.17. The normalized spacial score (nSPS) is 10.3. The van der Waals surface area contributed by atoms with Crippen molar-refractivity contribution < 1.29 is 9.90 Å². The zero-order valence-electron chi connectivity index (χ0n) is 10.0. The second kappa shape index (κ2) is 5.64. The number of aromatic nitrogens is 1. The molecule has 5 heteroatoms. The molecular weight excluding hydrogens is 248 g/mol. The molecule has 2 N–H and O–H groups in total. The van der Waals surface area contributed by atoms with Gasteiger partial charge in [-0.25, -0.2) is 4.79 Å². The summed E-state index contributed by atoms with van der Waals surface area (Å²) in [7, 11) is 0. The maximum absolute atomic E-state index is 10.9. The Hall–Kier alpha value is -1.88. The van der Waals surface area contributed by atoms with Crippen LogP contribution in [-0.2, 0) is 0 Å². The quantitative estimate of drug-likeness (QED) is 0.867. The molecule has 0 radical (unpaired) electrons. The second-order valence-electron chi connectivity index (χ2n) is 3.82. The molecule has 2 rings (SSSR count). The lowest BCUT2D eigenvalue weighted by Gasteiger charge is -2.08. The van der Waals surface area contributed by atoms with Gasteiger partial charge >= 0.3 is 5.97 Å². The van der Waals surface area contributed by atoms with Gasteiger partial charge in [-0.2, -0.15) is 0 Å². The molecule has 4 nitrogen and oxygen atoms in total. The number of nitrogens with zero attached hydrogens (tertiary/aromatic N) is 1. The molecule has 0 atom stereocenters. The van der Waals surface area contributed by atoms with Crippen LogP contribution in [0.15, 0.2) is 30.6 Å². The highest BCUT2D eigenvalue weighted by atomic mass is 32.1. The summed E-state index contributed by atoms with van der Waals surface area (Å²) in [5, 5.41) is 12.2. The maximum atomic E-state index is 10.9. The summed E-state index contributed by atoms with van der Waals surface area (Å²) < 4.78 is 0. The van der Waals surface area contributed by atoms with Gasteiger partial charge in [0, 0.05) is 23.2 Å². The number of carboxylic acid groups (broad SMARTS) is 1. The third-order valence-electron chi connectivity index (χ3n) is 2.47. The smallest absolute Gasteiger partial charge is 0.345 e. The van der Waals surface area contributed by atoms with Crippen LogP contribution in [0.5, 0.6) is 0 Å². The fourth-order valence-electron chi connectivity index (χ4n) is 1.61. The molecule has 0 unspecified atom stereocenters. The number of rotatable bonds is 5. The minimum Gasteiger partial charge on any atom is -0.477 e. The lowest BCUT2D eigenvalue weighted by Crippen LogP contribution is -2.01. The fraction of sp³-hybridized carbons (Fsp3) is 0.231. The van der Waals surface area contributed by atoms with Crippen molar-refractivity contribution in [3.8, 4) is 10.4 Å². The molecule has 0 bridgehead atoms. The van der Waals surface area contributed by atoms with Crippen LogP contribution >= 0.6 is 11.3 Å². The van der Waals surface area contributed by atoms with Crippen molar-refractivity contribution in [2.75, 3.05) is 11.9 Å². The van der Waals surface area contributed by atoms with Gasteiger partial charge in [0.15, 0.2) is 0 Å². The monoisotopic (exact) mass is 262 g/mol. The van der Waals surface area contributed by atoms with Crippen LogP contribution in [0.4, 0.5) is 5.69 Å². The van der Waals surface area contributed by atoms with E-state index in [1.54, 1.807) is 18.5 Å². The van der Waals surface area contributed by atoms with E-state index >= 15 is 0 Å². The molecule has 0 amide bonds. The molecule has 0 aliphatic heterocycles. The van der Waals surface area contributed by atoms with Crippen LogP contribution < -0.4 is 5.32 Å². The molecule has 18 heavy (non-hydrogen) atoms. The third-order valence-corrected chi connectivity index (χ3v) is 3.58. The number of anilines is 1.